The van der Waals surface area contributed by atoms with Crippen LogP contribution in [0, 0.1) is 0 Å². The first-order chi connectivity index (χ1) is 11.4. The number of amides is 2. The monoisotopic (exact) mass is 366 g/mol. The van der Waals surface area contributed by atoms with Crippen molar-refractivity contribution < 1.29 is 14.3 Å². The molecule has 0 aliphatic carbocycles. The SMILES string of the molecule is CCOc1c(Cl)cc(C(=O)Nc2ccc(NC(C)=O)cc2)cc1Cl. The molecule has 5 nitrogen and oxygen atoms in total. The number of nitrogens with one attached hydrogen (secondary N) is 2. The van der Waals surface area contributed by atoms with Crippen molar-refractivity contribution in [2.75, 3.05) is 17.2 Å². The van der Waals surface area contributed by atoms with Gasteiger partial charge in [0.1, 0.15) is 0 Å². The third kappa shape index (κ3) is 4.63. The maximum Gasteiger partial charge on any atom is 0.255 e. The van der Waals surface area contributed by atoms with E-state index < -0.39 is 0 Å². The molecule has 24 heavy (non-hydrogen) atoms. The van der Waals surface area contributed by atoms with Crippen LogP contribution in [0.5, 0.6) is 5.75 Å². The summed E-state index contributed by atoms with van der Waals surface area (Å²) in [5, 5.41) is 5.93. The van der Waals surface area contributed by atoms with Crippen molar-refractivity contribution >= 4 is 46.4 Å². The van der Waals surface area contributed by atoms with E-state index in [-0.39, 0.29) is 21.9 Å². The van der Waals surface area contributed by atoms with Crippen molar-refractivity contribution in [1.29, 1.82) is 0 Å². The average molecular weight is 367 g/mol. The minimum absolute atomic E-state index is 0.162. The largest absolute Gasteiger partial charge is 0.491 e. The Morgan fingerprint density at radius 2 is 1.50 bits per heavy atom. The molecule has 0 saturated heterocycles. The maximum absolute atomic E-state index is 12.3. The van der Waals surface area contributed by atoms with E-state index in [1.54, 1.807) is 24.3 Å². The average Bonchev–Trinajstić information content (AvgIpc) is 2.52. The Labute approximate surface area is 149 Å². The Balaban J connectivity index is 2.13. The summed E-state index contributed by atoms with van der Waals surface area (Å²) in [4.78, 5) is 23.3. The van der Waals surface area contributed by atoms with E-state index in [4.69, 9.17) is 27.9 Å². The fourth-order valence-electron chi connectivity index (χ4n) is 2.02. The van der Waals surface area contributed by atoms with Gasteiger partial charge in [-0.2, -0.15) is 0 Å². The van der Waals surface area contributed by atoms with Crippen LogP contribution in [-0.4, -0.2) is 18.4 Å². The molecule has 0 atom stereocenters. The Kier molecular flexibility index (Phi) is 6.06. The topological polar surface area (TPSA) is 67.4 Å². The summed E-state index contributed by atoms with van der Waals surface area (Å²) in [7, 11) is 0. The predicted octanol–water partition coefficient (Wildman–Crippen LogP) is 4.60. The van der Waals surface area contributed by atoms with E-state index in [1.807, 2.05) is 6.92 Å². The third-order valence-electron chi connectivity index (χ3n) is 3.01. The second kappa shape index (κ2) is 8.04. The smallest absolute Gasteiger partial charge is 0.255 e. The lowest BCUT2D eigenvalue weighted by molar-refractivity contribution is -0.114. The number of rotatable bonds is 5. The lowest BCUT2D eigenvalue weighted by Gasteiger charge is -2.11. The summed E-state index contributed by atoms with van der Waals surface area (Å²) >= 11 is 12.2. The number of benzene rings is 2. The van der Waals surface area contributed by atoms with Crippen molar-refractivity contribution in [3.8, 4) is 5.75 Å². The van der Waals surface area contributed by atoms with Crippen molar-refractivity contribution in [2.24, 2.45) is 0 Å². The summed E-state index contributed by atoms with van der Waals surface area (Å²) in [6.07, 6.45) is 0. The molecule has 0 unspecified atom stereocenters. The zero-order chi connectivity index (χ0) is 17.7. The van der Waals surface area contributed by atoms with Gasteiger partial charge in [-0.15, -0.1) is 0 Å². The Bertz CT molecular complexity index is 738. The number of carbonyl (C=O) groups is 2. The highest BCUT2D eigenvalue weighted by Crippen LogP contribution is 2.34. The van der Waals surface area contributed by atoms with Crippen LogP contribution in [0.4, 0.5) is 11.4 Å². The second-order valence-corrected chi connectivity index (χ2v) is 5.73. The fourth-order valence-corrected chi connectivity index (χ4v) is 2.61. The first-order valence-electron chi connectivity index (χ1n) is 7.21. The molecule has 2 rings (SSSR count). The van der Waals surface area contributed by atoms with Crippen molar-refractivity contribution in [3.05, 3.63) is 52.0 Å². The molecule has 2 amide bonds. The summed E-state index contributed by atoms with van der Waals surface area (Å²) in [6.45, 7) is 3.67. The highest BCUT2D eigenvalue weighted by Gasteiger charge is 2.14. The van der Waals surface area contributed by atoms with E-state index in [0.29, 0.717) is 29.3 Å². The van der Waals surface area contributed by atoms with Crippen LogP contribution in [0.3, 0.4) is 0 Å². The molecule has 7 heteroatoms. The van der Waals surface area contributed by atoms with Gasteiger partial charge in [-0.1, -0.05) is 23.2 Å². The van der Waals surface area contributed by atoms with Gasteiger partial charge < -0.3 is 15.4 Å². The molecule has 2 aromatic rings. The van der Waals surface area contributed by atoms with E-state index in [9.17, 15) is 9.59 Å². The van der Waals surface area contributed by atoms with Crippen LogP contribution in [0.1, 0.15) is 24.2 Å². The van der Waals surface area contributed by atoms with Crippen LogP contribution in [0.15, 0.2) is 36.4 Å². The van der Waals surface area contributed by atoms with Crippen molar-refractivity contribution in [3.63, 3.8) is 0 Å². The standard InChI is InChI=1S/C17H16Cl2N2O3/c1-3-24-16-14(18)8-11(9-15(16)19)17(23)21-13-6-4-12(5-7-13)20-10(2)22/h4-9H,3H2,1-2H3,(H,20,22)(H,21,23). The normalized spacial score (nSPS) is 10.2. The highest BCUT2D eigenvalue weighted by molar-refractivity contribution is 6.37. The molecule has 0 bridgehead atoms. The van der Waals surface area contributed by atoms with Gasteiger partial charge in [0.2, 0.25) is 5.91 Å². The number of hydrogen-bond donors (Lipinski definition) is 2. The molecule has 0 spiro atoms. The molecule has 0 fully saturated rings. The second-order valence-electron chi connectivity index (χ2n) is 4.91. The van der Waals surface area contributed by atoms with Crippen LogP contribution in [0.2, 0.25) is 10.0 Å². The van der Waals surface area contributed by atoms with Crippen molar-refractivity contribution in [2.45, 2.75) is 13.8 Å². The minimum atomic E-state index is -0.353. The molecule has 2 N–H and O–H groups in total. The Morgan fingerprint density at radius 3 is 1.96 bits per heavy atom. The van der Waals surface area contributed by atoms with Gasteiger partial charge in [-0.25, -0.2) is 0 Å². The summed E-state index contributed by atoms with van der Waals surface area (Å²) < 4.78 is 5.34. The zero-order valence-corrected chi connectivity index (χ0v) is 14.7. The summed E-state index contributed by atoms with van der Waals surface area (Å²) in [5.74, 6) is -0.156. The van der Waals surface area contributed by atoms with E-state index in [2.05, 4.69) is 10.6 Å². The molecule has 2 aromatic carbocycles. The number of hydrogen-bond acceptors (Lipinski definition) is 3. The van der Waals surface area contributed by atoms with E-state index in [0.717, 1.165) is 0 Å². The molecule has 0 saturated carbocycles. The van der Waals surface area contributed by atoms with Crippen LogP contribution in [0.25, 0.3) is 0 Å². The summed E-state index contributed by atoms with van der Waals surface area (Å²) in [6, 6.07) is 9.74. The van der Waals surface area contributed by atoms with Gasteiger partial charge in [-0.05, 0) is 43.3 Å². The Morgan fingerprint density at radius 1 is 1.00 bits per heavy atom. The molecule has 0 aromatic heterocycles. The first-order valence-corrected chi connectivity index (χ1v) is 7.97. The minimum Gasteiger partial charge on any atom is -0.491 e. The molecule has 0 aliphatic heterocycles. The van der Waals surface area contributed by atoms with Crippen LogP contribution >= 0.6 is 23.2 Å². The lowest BCUT2D eigenvalue weighted by atomic mass is 10.2. The number of anilines is 2. The van der Waals surface area contributed by atoms with Gasteiger partial charge in [0.25, 0.3) is 5.91 Å². The van der Waals surface area contributed by atoms with Crippen LogP contribution in [-0.2, 0) is 4.79 Å². The molecule has 0 radical (unpaired) electrons. The summed E-state index contributed by atoms with van der Waals surface area (Å²) in [5.41, 5.74) is 1.54. The molecular weight excluding hydrogens is 351 g/mol. The molecule has 0 heterocycles. The van der Waals surface area contributed by atoms with E-state index >= 15 is 0 Å². The van der Waals surface area contributed by atoms with Crippen molar-refractivity contribution in [1.82, 2.24) is 0 Å². The predicted molar refractivity (Wildman–Crippen MR) is 96.3 cm³/mol. The van der Waals surface area contributed by atoms with E-state index in [1.165, 1.54) is 19.1 Å². The highest BCUT2D eigenvalue weighted by atomic mass is 35.5. The number of carbonyl (C=O) groups excluding carboxylic acids is 2. The maximum atomic E-state index is 12.3. The van der Waals surface area contributed by atoms with Gasteiger partial charge in [-0.3, -0.25) is 9.59 Å². The zero-order valence-electron chi connectivity index (χ0n) is 13.2. The van der Waals surface area contributed by atoms with Gasteiger partial charge in [0, 0.05) is 23.9 Å². The first kappa shape index (κ1) is 18.1. The number of ether oxygens (including phenoxy) is 1. The number of halogens is 2. The van der Waals surface area contributed by atoms with Gasteiger partial charge >= 0.3 is 0 Å². The third-order valence-corrected chi connectivity index (χ3v) is 3.57. The molecular formula is C17H16Cl2N2O3. The molecule has 126 valence electrons. The molecule has 0 aliphatic rings. The van der Waals surface area contributed by atoms with Gasteiger partial charge in [0.15, 0.2) is 5.75 Å². The van der Waals surface area contributed by atoms with Gasteiger partial charge in [0.05, 0.1) is 16.7 Å². The fraction of sp³-hybridized carbons (Fsp3) is 0.176. The quantitative estimate of drug-likeness (QED) is 0.812. The van der Waals surface area contributed by atoms with Crippen LogP contribution < -0.4 is 15.4 Å². The Hall–Kier alpha value is -2.24. The lowest BCUT2D eigenvalue weighted by Crippen LogP contribution is -2.12.